The van der Waals surface area contributed by atoms with Crippen molar-refractivity contribution in [2.75, 3.05) is 5.32 Å². The molecule has 1 amide bonds. The number of nitrogens with one attached hydrogen (secondary N) is 1. The molecule has 0 atom stereocenters. The van der Waals surface area contributed by atoms with E-state index < -0.39 is 10.8 Å². The van der Waals surface area contributed by atoms with Crippen LogP contribution in [0.1, 0.15) is 27.9 Å². The maximum atomic E-state index is 12.8. The second-order valence-corrected chi connectivity index (χ2v) is 9.46. The van der Waals surface area contributed by atoms with Gasteiger partial charge in [-0.15, -0.1) is 21.5 Å². The number of rotatable bonds is 6. The number of carbonyl (C=O) groups is 1. The minimum Gasteiger partial charge on any atom is -0.311 e. The fourth-order valence-electron chi connectivity index (χ4n) is 3.72. The molecule has 0 aliphatic heterocycles. The second kappa shape index (κ2) is 8.75. The predicted molar refractivity (Wildman–Crippen MR) is 126 cm³/mol. The number of thiazole rings is 1. The van der Waals surface area contributed by atoms with Gasteiger partial charge in [-0.25, -0.2) is 4.98 Å². The lowest BCUT2D eigenvalue weighted by Crippen LogP contribution is -2.12. The van der Waals surface area contributed by atoms with Gasteiger partial charge in [-0.3, -0.25) is 20.2 Å². The molecule has 2 aromatic heterocycles. The van der Waals surface area contributed by atoms with Crippen LogP contribution in [-0.4, -0.2) is 30.6 Å². The van der Waals surface area contributed by atoms with Gasteiger partial charge in [0.05, 0.1) is 15.5 Å². The summed E-state index contributed by atoms with van der Waals surface area (Å²) in [5, 5.41) is 24.9. The molecule has 0 radical (unpaired) electrons. The Hall–Kier alpha value is -3.57. The van der Waals surface area contributed by atoms with E-state index in [0.717, 1.165) is 35.9 Å². The molecule has 5 rings (SSSR count). The molecule has 0 saturated carbocycles. The first kappa shape index (κ1) is 21.3. The number of nitro groups is 1. The third-order valence-electron chi connectivity index (χ3n) is 5.41. The molecule has 0 spiro atoms. The fraction of sp³-hybridized carbons (Fsp3) is 0.182. The highest BCUT2D eigenvalue weighted by Crippen LogP contribution is 2.35. The van der Waals surface area contributed by atoms with E-state index in [1.54, 1.807) is 23.7 Å². The van der Waals surface area contributed by atoms with Crippen LogP contribution in [0, 0.1) is 10.1 Å². The number of aryl methyl sites for hydroxylation is 3. The Morgan fingerprint density at radius 1 is 1.21 bits per heavy atom. The number of fused-ring (bicyclic) bond motifs is 1. The van der Waals surface area contributed by atoms with Crippen LogP contribution in [0.25, 0.3) is 11.3 Å². The second-order valence-electron chi connectivity index (χ2n) is 7.60. The maximum absolute atomic E-state index is 12.8. The zero-order valence-corrected chi connectivity index (χ0v) is 19.2. The van der Waals surface area contributed by atoms with Crippen LogP contribution in [0.3, 0.4) is 0 Å². The average molecular weight is 479 g/mol. The van der Waals surface area contributed by atoms with Gasteiger partial charge in [-0.1, -0.05) is 12.1 Å². The van der Waals surface area contributed by atoms with Gasteiger partial charge in [0.1, 0.15) is 6.33 Å². The highest BCUT2D eigenvalue weighted by molar-refractivity contribution is 7.99. The van der Waals surface area contributed by atoms with Gasteiger partial charge in [0.15, 0.2) is 10.3 Å². The highest BCUT2D eigenvalue weighted by atomic mass is 32.2. The molecule has 4 aromatic rings. The zero-order chi connectivity index (χ0) is 22.9. The Bertz CT molecular complexity index is 1380. The van der Waals surface area contributed by atoms with E-state index in [1.165, 1.54) is 41.3 Å². The number of nitro benzene ring substituents is 1. The molecule has 1 aliphatic rings. The molecule has 33 heavy (non-hydrogen) atoms. The number of amides is 1. The first-order valence-corrected chi connectivity index (χ1v) is 11.9. The highest BCUT2D eigenvalue weighted by Gasteiger charge is 2.21. The van der Waals surface area contributed by atoms with Gasteiger partial charge in [-0.05, 0) is 60.4 Å². The minimum atomic E-state index is -0.509. The van der Waals surface area contributed by atoms with E-state index in [1.807, 2.05) is 5.38 Å². The molecule has 2 heterocycles. The molecule has 166 valence electrons. The molecule has 0 bridgehead atoms. The van der Waals surface area contributed by atoms with Crippen molar-refractivity contribution in [1.82, 2.24) is 19.7 Å². The summed E-state index contributed by atoms with van der Waals surface area (Å²) in [5.74, 6) is -0.455. The van der Waals surface area contributed by atoms with Crippen molar-refractivity contribution in [2.24, 2.45) is 7.05 Å². The normalized spacial score (nSPS) is 12.5. The van der Waals surface area contributed by atoms with Gasteiger partial charge in [0, 0.05) is 29.6 Å². The van der Waals surface area contributed by atoms with Crippen LogP contribution in [0.4, 0.5) is 10.8 Å². The summed E-state index contributed by atoms with van der Waals surface area (Å²) in [5.41, 5.74) is 4.58. The summed E-state index contributed by atoms with van der Waals surface area (Å²) >= 11 is 2.43. The van der Waals surface area contributed by atoms with E-state index in [-0.39, 0.29) is 11.3 Å². The summed E-state index contributed by atoms with van der Waals surface area (Å²) in [6.07, 6.45) is 4.90. The molecular weight excluding hydrogens is 460 g/mol. The standard InChI is InChI=1S/C22H18N6O3S2/c1-27-12-23-26-22(27)33-19-8-7-16(10-18(19)28(30)31)20(29)25-21-24-17(11-32-21)15-6-5-13-3-2-4-14(13)9-15/h5-12H,2-4H2,1H3,(H,24,25,29). The monoisotopic (exact) mass is 478 g/mol. The van der Waals surface area contributed by atoms with E-state index in [4.69, 9.17) is 0 Å². The van der Waals surface area contributed by atoms with E-state index in [9.17, 15) is 14.9 Å². The number of carbonyl (C=O) groups excluding carboxylic acids is 1. The smallest absolute Gasteiger partial charge is 0.284 e. The molecule has 2 aromatic carbocycles. The number of anilines is 1. The minimum absolute atomic E-state index is 0.173. The lowest BCUT2D eigenvalue weighted by atomic mass is 10.1. The zero-order valence-electron chi connectivity index (χ0n) is 17.5. The first-order chi connectivity index (χ1) is 16.0. The summed E-state index contributed by atoms with van der Waals surface area (Å²) < 4.78 is 1.66. The van der Waals surface area contributed by atoms with Crippen molar-refractivity contribution < 1.29 is 9.72 Å². The Kier molecular flexibility index (Phi) is 5.65. The molecule has 0 unspecified atom stereocenters. The molecule has 0 saturated heterocycles. The number of hydrogen-bond donors (Lipinski definition) is 1. The Labute approximate surface area is 197 Å². The van der Waals surface area contributed by atoms with Gasteiger partial charge in [0.25, 0.3) is 11.6 Å². The molecule has 1 aliphatic carbocycles. The molecule has 9 nitrogen and oxygen atoms in total. The maximum Gasteiger partial charge on any atom is 0.284 e. The van der Waals surface area contributed by atoms with E-state index in [0.29, 0.717) is 15.2 Å². The van der Waals surface area contributed by atoms with Crippen LogP contribution in [0.2, 0.25) is 0 Å². The van der Waals surface area contributed by atoms with E-state index >= 15 is 0 Å². The topological polar surface area (TPSA) is 116 Å². The Morgan fingerprint density at radius 3 is 2.85 bits per heavy atom. The SMILES string of the molecule is Cn1cnnc1Sc1ccc(C(=O)Nc2nc(-c3ccc4c(c3)CCC4)cs2)cc1[N+](=O)[O-]. The summed E-state index contributed by atoms with van der Waals surface area (Å²) in [7, 11) is 1.75. The largest absolute Gasteiger partial charge is 0.311 e. The Morgan fingerprint density at radius 2 is 2.06 bits per heavy atom. The molecule has 1 N–H and O–H groups in total. The number of nitrogens with zero attached hydrogens (tertiary/aromatic N) is 5. The van der Waals surface area contributed by atoms with Crippen LogP contribution in [0.15, 0.2) is 58.2 Å². The van der Waals surface area contributed by atoms with Crippen molar-refractivity contribution in [3.63, 3.8) is 0 Å². The lowest BCUT2D eigenvalue weighted by molar-refractivity contribution is -0.387. The summed E-state index contributed by atoms with van der Waals surface area (Å²) in [4.78, 5) is 28.8. The predicted octanol–water partition coefficient (Wildman–Crippen LogP) is 4.74. The van der Waals surface area contributed by atoms with Crippen LogP contribution >= 0.6 is 23.1 Å². The summed E-state index contributed by atoms with van der Waals surface area (Å²) in [6, 6.07) is 10.7. The van der Waals surface area contributed by atoms with Crippen molar-refractivity contribution in [3.05, 3.63) is 74.9 Å². The van der Waals surface area contributed by atoms with Gasteiger partial charge in [-0.2, -0.15) is 0 Å². The van der Waals surface area contributed by atoms with Crippen molar-refractivity contribution in [3.8, 4) is 11.3 Å². The number of hydrogen-bond acceptors (Lipinski definition) is 8. The van der Waals surface area contributed by atoms with Crippen molar-refractivity contribution in [1.29, 1.82) is 0 Å². The lowest BCUT2D eigenvalue weighted by Gasteiger charge is -2.06. The third-order valence-corrected chi connectivity index (χ3v) is 7.28. The quantitative estimate of drug-likeness (QED) is 0.314. The van der Waals surface area contributed by atoms with Crippen LogP contribution in [0.5, 0.6) is 0 Å². The Balaban J connectivity index is 1.34. The fourth-order valence-corrected chi connectivity index (χ4v) is 5.28. The van der Waals surface area contributed by atoms with Crippen molar-refractivity contribution in [2.45, 2.75) is 29.3 Å². The number of benzene rings is 2. The molecule has 0 fully saturated rings. The van der Waals surface area contributed by atoms with Gasteiger partial charge >= 0.3 is 0 Å². The third kappa shape index (κ3) is 4.37. The van der Waals surface area contributed by atoms with Crippen LogP contribution in [-0.2, 0) is 19.9 Å². The van der Waals surface area contributed by atoms with Crippen molar-refractivity contribution >= 4 is 39.8 Å². The first-order valence-electron chi connectivity index (χ1n) is 10.2. The van der Waals surface area contributed by atoms with E-state index in [2.05, 4.69) is 38.7 Å². The van der Waals surface area contributed by atoms with Gasteiger partial charge < -0.3 is 4.57 Å². The molecule has 11 heteroatoms. The average Bonchev–Trinajstić information content (AvgIpc) is 3.55. The number of aromatic nitrogens is 4. The summed E-state index contributed by atoms with van der Waals surface area (Å²) in [6.45, 7) is 0. The molecular formula is C22H18N6O3S2. The van der Waals surface area contributed by atoms with Gasteiger partial charge in [0.2, 0.25) is 0 Å². The van der Waals surface area contributed by atoms with Crippen LogP contribution < -0.4 is 5.32 Å².